The molecule has 0 aliphatic carbocycles. The van der Waals surface area contributed by atoms with Crippen molar-refractivity contribution in [1.29, 1.82) is 0 Å². The maximum atomic E-state index is 13.5. The van der Waals surface area contributed by atoms with E-state index in [1.807, 2.05) is 0 Å². The number of hydrogen-bond acceptors (Lipinski definition) is 4. The fourth-order valence-corrected chi connectivity index (χ4v) is 1.94. The second kappa shape index (κ2) is 5.87. The minimum atomic E-state index is -0.819. The van der Waals surface area contributed by atoms with Crippen molar-refractivity contribution in [2.75, 3.05) is 7.11 Å². The molecular weight excluding hydrogens is 333 g/mol. The molecule has 0 saturated carbocycles. The molecule has 20 heavy (non-hydrogen) atoms. The lowest BCUT2D eigenvalue weighted by atomic mass is 10.2. The Labute approximate surface area is 122 Å². The van der Waals surface area contributed by atoms with Crippen molar-refractivity contribution in [3.05, 3.63) is 56.8 Å². The second-order valence-electron chi connectivity index (χ2n) is 3.77. The minimum absolute atomic E-state index is 0.0913. The molecule has 0 N–H and O–H groups in total. The first kappa shape index (κ1) is 14.3. The average Bonchev–Trinajstić information content (AvgIpc) is 2.40. The van der Waals surface area contributed by atoms with E-state index in [1.165, 1.54) is 7.11 Å². The average molecular weight is 342 g/mol. The predicted molar refractivity (Wildman–Crippen MR) is 73.8 cm³/mol. The highest BCUT2D eigenvalue weighted by Gasteiger charge is 2.21. The number of halogens is 2. The van der Waals surface area contributed by atoms with Gasteiger partial charge in [0.05, 0.1) is 18.1 Å². The summed E-state index contributed by atoms with van der Waals surface area (Å²) in [6, 6.07) is 8.68. The lowest BCUT2D eigenvalue weighted by Gasteiger charge is -2.09. The first-order valence-corrected chi connectivity index (χ1v) is 6.26. The number of methoxy groups -OCH3 is 1. The standard InChI is InChI=1S/C13H9BrFNO4/c1-19-12-7-13(11(16(17)18)6-10(12)15)20-9-4-2-3-8(14)5-9/h2-7H,1H3. The van der Waals surface area contributed by atoms with Crippen LogP contribution in [0.5, 0.6) is 17.2 Å². The summed E-state index contributed by atoms with van der Waals surface area (Å²) < 4.78 is 24.5. The molecule has 2 aromatic carbocycles. The van der Waals surface area contributed by atoms with Crippen molar-refractivity contribution in [1.82, 2.24) is 0 Å². The third kappa shape index (κ3) is 3.05. The highest BCUT2D eigenvalue weighted by molar-refractivity contribution is 9.10. The number of benzene rings is 2. The van der Waals surface area contributed by atoms with E-state index in [4.69, 9.17) is 9.47 Å². The number of rotatable bonds is 4. The Morgan fingerprint density at radius 2 is 2.00 bits per heavy atom. The lowest BCUT2D eigenvalue weighted by molar-refractivity contribution is -0.385. The third-order valence-corrected chi connectivity index (χ3v) is 2.95. The van der Waals surface area contributed by atoms with Crippen LogP contribution in [0.15, 0.2) is 40.9 Å². The van der Waals surface area contributed by atoms with Crippen molar-refractivity contribution in [2.45, 2.75) is 0 Å². The summed E-state index contributed by atoms with van der Waals surface area (Å²) in [5, 5.41) is 10.9. The Bertz CT molecular complexity index is 663. The van der Waals surface area contributed by atoms with E-state index in [2.05, 4.69) is 15.9 Å². The van der Waals surface area contributed by atoms with Gasteiger partial charge in [-0.25, -0.2) is 4.39 Å². The normalized spacial score (nSPS) is 10.2. The van der Waals surface area contributed by atoms with Crippen LogP contribution in [0.2, 0.25) is 0 Å². The molecular formula is C13H9BrFNO4. The van der Waals surface area contributed by atoms with Gasteiger partial charge < -0.3 is 9.47 Å². The zero-order chi connectivity index (χ0) is 14.7. The third-order valence-electron chi connectivity index (χ3n) is 2.45. The molecule has 0 bridgehead atoms. The van der Waals surface area contributed by atoms with Crippen LogP contribution >= 0.6 is 15.9 Å². The first-order valence-electron chi connectivity index (χ1n) is 5.46. The number of nitrogens with zero attached hydrogens (tertiary/aromatic N) is 1. The summed E-state index contributed by atoms with van der Waals surface area (Å²) in [4.78, 5) is 10.2. The van der Waals surface area contributed by atoms with Crippen molar-refractivity contribution in [3.8, 4) is 17.2 Å². The van der Waals surface area contributed by atoms with Gasteiger partial charge in [-0.1, -0.05) is 22.0 Å². The SMILES string of the molecule is COc1cc(Oc2cccc(Br)c2)c([N+](=O)[O-])cc1F. The van der Waals surface area contributed by atoms with E-state index in [0.717, 1.165) is 16.6 Å². The van der Waals surface area contributed by atoms with E-state index in [1.54, 1.807) is 24.3 Å². The zero-order valence-electron chi connectivity index (χ0n) is 10.3. The van der Waals surface area contributed by atoms with Crippen LogP contribution in [0.3, 0.4) is 0 Å². The van der Waals surface area contributed by atoms with Gasteiger partial charge in [0, 0.05) is 10.5 Å². The van der Waals surface area contributed by atoms with Crippen molar-refractivity contribution < 1.29 is 18.8 Å². The first-order chi connectivity index (χ1) is 9.51. The van der Waals surface area contributed by atoms with Gasteiger partial charge in [0.2, 0.25) is 5.75 Å². The van der Waals surface area contributed by atoms with Crippen LogP contribution in [-0.4, -0.2) is 12.0 Å². The summed E-state index contributed by atoms with van der Waals surface area (Å²) in [5.41, 5.74) is -0.469. The fourth-order valence-electron chi connectivity index (χ4n) is 1.56. The van der Waals surface area contributed by atoms with E-state index >= 15 is 0 Å². The van der Waals surface area contributed by atoms with Crippen molar-refractivity contribution in [3.63, 3.8) is 0 Å². The number of nitro groups is 1. The van der Waals surface area contributed by atoms with Gasteiger partial charge >= 0.3 is 5.69 Å². The van der Waals surface area contributed by atoms with E-state index < -0.39 is 16.4 Å². The quantitative estimate of drug-likeness (QED) is 0.614. The van der Waals surface area contributed by atoms with Gasteiger partial charge in [-0.05, 0) is 18.2 Å². The maximum Gasteiger partial charge on any atom is 0.314 e. The molecule has 0 fully saturated rings. The predicted octanol–water partition coefficient (Wildman–Crippen LogP) is 4.30. The molecule has 0 atom stereocenters. The van der Waals surface area contributed by atoms with Gasteiger partial charge in [-0.3, -0.25) is 10.1 Å². The smallest absolute Gasteiger partial charge is 0.314 e. The van der Waals surface area contributed by atoms with E-state index in [9.17, 15) is 14.5 Å². The molecule has 0 radical (unpaired) electrons. The van der Waals surface area contributed by atoms with Gasteiger partial charge in [-0.15, -0.1) is 0 Å². The highest BCUT2D eigenvalue weighted by Crippen LogP contribution is 2.36. The highest BCUT2D eigenvalue weighted by atomic mass is 79.9. The molecule has 0 unspecified atom stereocenters. The summed E-state index contributed by atoms with van der Waals surface area (Å²) in [7, 11) is 1.27. The number of hydrogen-bond donors (Lipinski definition) is 0. The van der Waals surface area contributed by atoms with Crippen molar-refractivity contribution in [2.24, 2.45) is 0 Å². The molecule has 0 spiro atoms. The molecule has 0 amide bonds. The summed E-state index contributed by atoms with van der Waals surface area (Å²) >= 11 is 3.26. The van der Waals surface area contributed by atoms with Crippen LogP contribution in [0, 0.1) is 15.9 Å². The lowest BCUT2D eigenvalue weighted by Crippen LogP contribution is -1.97. The van der Waals surface area contributed by atoms with Crippen molar-refractivity contribution >= 4 is 21.6 Å². The molecule has 5 nitrogen and oxygen atoms in total. The largest absolute Gasteiger partial charge is 0.494 e. The Hall–Kier alpha value is -2.15. The Morgan fingerprint density at radius 3 is 2.60 bits per heavy atom. The monoisotopic (exact) mass is 341 g/mol. The maximum absolute atomic E-state index is 13.5. The summed E-state index contributed by atoms with van der Waals surface area (Å²) in [5.74, 6) is -0.649. The van der Waals surface area contributed by atoms with Crippen LogP contribution in [0.25, 0.3) is 0 Å². The number of nitro benzene ring substituents is 1. The minimum Gasteiger partial charge on any atom is -0.494 e. The molecule has 0 heterocycles. The van der Waals surface area contributed by atoms with Crippen LogP contribution in [-0.2, 0) is 0 Å². The van der Waals surface area contributed by atoms with Gasteiger partial charge in [0.15, 0.2) is 11.6 Å². The molecule has 2 rings (SSSR count). The van der Waals surface area contributed by atoms with E-state index in [-0.39, 0.29) is 11.5 Å². The molecule has 0 aliphatic heterocycles. The van der Waals surface area contributed by atoms with Gasteiger partial charge in [-0.2, -0.15) is 0 Å². The summed E-state index contributed by atoms with van der Waals surface area (Å²) in [6.07, 6.45) is 0. The molecule has 0 aliphatic rings. The Kier molecular flexibility index (Phi) is 4.19. The molecule has 0 saturated heterocycles. The Morgan fingerprint density at radius 1 is 1.25 bits per heavy atom. The molecule has 2 aromatic rings. The van der Waals surface area contributed by atoms with Crippen LogP contribution < -0.4 is 9.47 Å². The van der Waals surface area contributed by atoms with Crippen LogP contribution in [0.1, 0.15) is 0 Å². The second-order valence-corrected chi connectivity index (χ2v) is 4.69. The molecule has 104 valence electrons. The zero-order valence-corrected chi connectivity index (χ0v) is 11.9. The fraction of sp³-hybridized carbons (Fsp3) is 0.0769. The Balaban J connectivity index is 2.46. The van der Waals surface area contributed by atoms with E-state index in [0.29, 0.717) is 5.75 Å². The number of ether oxygens (including phenoxy) is 2. The van der Waals surface area contributed by atoms with Crippen LogP contribution in [0.4, 0.5) is 10.1 Å². The summed E-state index contributed by atoms with van der Waals surface area (Å²) in [6.45, 7) is 0. The molecule has 0 aromatic heterocycles. The molecule has 7 heteroatoms. The topological polar surface area (TPSA) is 61.6 Å². The van der Waals surface area contributed by atoms with Gasteiger partial charge in [0.25, 0.3) is 0 Å². The van der Waals surface area contributed by atoms with Gasteiger partial charge in [0.1, 0.15) is 5.75 Å².